The van der Waals surface area contributed by atoms with Gasteiger partial charge in [-0.3, -0.25) is 0 Å². The fraction of sp³-hybridized carbons (Fsp3) is 0.400. The average Bonchev–Trinajstić information content (AvgIpc) is 1.64. The number of carboxylic acid groups (broad SMARTS) is 1. The fourth-order valence-corrected chi connectivity index (χ4v) is 0.317. The van der Waals surface area contributed by atoms with Crippen LogP contribution >= 0.6 is 15.9 Å². The van der Waals surface area contributed by atoms with Crippen molar-refractivity contribution in [3.8, 4) is 0 Å². The molecule has 0 rings (SSSR count). The fourth-order valence-electron chi connectivity index (χ4n) is 0.147. The normalized spacial score (nSPS) is 12.9. The van der Waals surface area contributed by atoms with Gasteiger partial charge in [0.25, 0.3) is 0 Å². The van der Waals surface area contributed by atoms with Crippen molar-refractivity contribution in [2.24, 2.45) is 0 Å². The Bertz CT molecular complexity index is 133. The average molecular weight is 179 g/mol. The smallest absolute Gasteiger partial charge is 0.332 e. The first-order valence-electron chi connectivity index (χ1n) is 2.12. The van der Waals surface area contributed by atoms with E-state index in [0.717, 1.165) is 0 Å². The second-order valence-electron chi connectivity index (χ2n) is 1.46. The van der Waals surface area contributed by atoms with Gasteiger partial charge in [-0.25, -0.2) is 4.79 Å². The van der Waals surface area contributed by atoms with Gasteiger partial charge >= 0.3 is 5.97 Å². The molecule has 8 heavy (non-hydrogen) atoms. The van der Waals surface area contributed by atoms with Gasteiger partial charge in [0.15, 0.2) is 0 Å². The maximum atomic E-state index is 10.1. The van der Waals surface area contributed by atoms with E-state index in [4.69, 9.17) is 5.11 Å². The number of carbonyl (C=O) groups is 1. The summed E-state index contributed by atoms with van der Waals surface area (Å²) in [6, 6.07) is 0. The van der Waals surface area contributed by atoms with Gasteiger partial charge in [-0.15, -0.1) is 0 Å². The third-order valence-electron chi connectivity index (χ3n) is 0.838. The Kier molecular flexibility index (Phi) is 2.76. The molecule has 0 atom stereocenters. The van der Waals surface area contributed by atoms with E-state index in [0.29, 0.717) is 10.1 Å². The Hall–Kier alpha value is -0.310. The maximum absolute atomic E-state index is 10.1. The van der Waals surface area contributed by atoms with Crippen molar-refractivity contribution in [1.29, 1.82) is 0 Å². The monoisotopic (exact) mass is 178 g/mol. The van der Waals surface area contributed by atoms with Crippen molar-refractivity contribution in [1.82, 2.24) is 0 Å². The largest absolute Gasteiger partial charge is 0.478 e. The van der Waals surface area contributed by atoms with Gasteiger partial charge in [0.2, 0.25) is 0 Å². The molecule has 0 aliphatic carbocycles. The van der Waals surface area contributed by atoms with E-state index in [2.05, 4.69) is 15.9 Å². The Balaban J connectivity index is 4.23. The number of hydrogen-bond acceptors (Lipinski definition) is 1. The topological polar surface area (TPSA) is 37.3 Å². The van der Waals surface area contributed by atoms with Gasteiger partial charge in [0, 0.05) is 10.1 Å². The van der Waals surface area contributed by atoms with Crippen molar-refractivity contribution < 1.29 is 9.90 Å². The van der Waals surface area contributed by atoms with Crippen molar-refractivity contribution in [3.05, 3.63) is 10.1 Å². The highest BCUT2D eigenvalue weighted by atomic mass is 79.9. The Morgan fingerprint density at radius 3 is 1.88 bits per heavy atom. The minimum absolute atomic E-state index is 0.352. The first-order valence-corrected chi connectivity index (χ1v) is 2.91. The molecule has 1 N–H and O–H groups in total. The summed E-state index contributed by atoms with van der Waals surface area (Å²) in [5.74, 6) is -0.876. The van der Waals surface area contributed by atoms with E-state index in [1.807, 2.05) is 0 Å². The van der Waals surface area contributed by atoms with Crippen LogP contribution in [-0.2, 0) is 4.79 Å². The number of rotatable bonds is 1. The van der Waals surface area contributed by atoms with Crippen LogP contribution in [0.5, 0.6) is 0 Å². The summed E-state index contributed by atoms with van der Waals surface area (Å²) in [5.41, 5.74) is 0.352. The zero-order chi connectivity index (χ0) is 6.73. The second-order valence-corrected chi connectivity index (χ2v) is 2.65. The van der Waals surface area contributed by atoms with Crippen LogP contribution in [0.1, 0.15) is 13.8 Å². The standard InChI is InChI=1S/C5H7BrO2/c1-3(4(2)6)5(7)8/h1-2H3,(H,7,8)/b4-3-. The Morgan fingerprint density at radius 2 is 1.88 bits per heavy atom. The van der Waals surface area contributed by atoms with Crippen LogP contribution < -0.4 is 0 Å². The molecule has 0 saturated carbocycles. The molecule has 0 radical (unpaired) electrons. The number of hydrogen-bond donors (Lipinski definition) is 1. The van der Waals surface area contributed by atoms with E-state index in [1.165, 1.54) is 0 Å². The predicted molar refractivity (Wildman–Crippen MR) is 34.9 cm³/mol. The van der Waals surface area contributed by atoms with Gasteiger partial charge in [0.05, 0.1) is 0 Å². The highest BCUT2D eigenvalue weighted by molar-refractivity contribution is 9.11. The maximum Gasteiger partial charge on any atom is 0.332 e. The molecule has 0 amide bonds. The summed E-state index contributed by atoms with van der Waals surface area (Å²) in [5, 5.41) is 8.26. The van der Waals surface area contributed by atoms with E-state index < -0.39 is 5.97 Å². The molecule has 0 unspecified atom stereocenters. The van der Waals surface area contributed by atoms with Crippen molar-refractivity contribution in [2.45, 2.75) is 13.8 Å². The van der Waals surface area contributed by atoms with Crippen molar-refractivity contribution in [3.63, 3.8) is 0 Å². The van der Waals surface area contributed by atoms with Gasteiger partial charge in [-0.1, -0.05) is 15.9 Å². The van der Waals surface area contributed by atoms with E-state index in [1.54, 1.807) is 13.8 Å². The molecule has 0 heterocycles. The molecule has 0 aliphatic rings. The summed E-state index contributed by atoms with van der Waals surface area (Å²) in [6.07, 6.45) is 0. The Labute approximate surface area is 56.3 Å². The molecule has 0 saturated heterocycles. The van der Waals surface area contributed by atoms with Gasteiger partial charge in [-0.05, 0) is 13.8 Å². The molecule has 2 nitrogen and oxygen atoms in total. The molecular formula is C5H7BrO2. The number of allylic oxidation sites excluding steroid dienone is 1. The van der Waals surface area contributed by atoms with Gasteiger partial charge < -0.3 is 5.11 Å². The first kappa shape index (κ1) is 7.69. The van der Waals surface area contributed by atoms with Crippen LogP contribution in [0.4, 0.5) is 0 Å². The summed E-state index contributed by atoms with van der Waals surface area (Å²) in [4.78, 5) is 10.1. The van der Waals surface area contributed by atoms with Crippen molar-refractivity contribution >= 4 is 21.9 Å². The van der Waals surface area contributed by atoms with Crippen LogP contribution in [0.2, 0.25) is 0 Å². The summed E-state index contributed by atoms with van der Waals surface area (Å²) in [6.45, 7) is 3.25. The van der Waals surface area contributed by atoms with E-state index >= 15 is 0 Å². The van der Waals surface area contributed by atoms with E-state index in [-0.39, 0.29) is 0 Å². The first-order chi connectivity index (χ1) is 3.55. The van der Waals surface area contributed by atoms with Gasteiger partial charge in [-0.2, -0.15) is 0 Å². The number of halogens is 1. The lowest BCUT2D eigenvalue weighted by Gasteiger charge is -1.90. The molecule has 0 aromatic heterocycles. The van der Waals surface area contributed by atoms with Gasteiger partial charge in [0.1, 0.15) is 0 Å². The minimum Gasteiger partial charge on any atom is -0.478 e. The molecule has 0 spiro atoms. The van der Waals surface area contributed by atoms with Crippen LogP contribution in [0, 0.1) is 0 Å². The van der Waals surface area contributed by atoms with Crippen LogP contribution in [0.15, 0.2) is 10.1 Å². The summed E-state index contributed by atoms with van der Waals surface area (Å²) < 4.78 is 0.671. The molecule has 46 valence electrons. The third-order valence-corrected chi connectivity index (χ3v) is 1.43. The second kappa shape index (κ2) is 2.87. The lowest BCUT2D eigenvalue weighted by molar-refractivity contribution is -0.132. The lowest BCUT2D eigenvalue weighted by Crippen LogP contribution is -1.96. The van der Waals surface area contributed by atoms with Crippen LogP contribution in [-0.4, -0.2) is 11.1 Å². The molecule has 0 aromatic carbocycles. The highest BCUT2D eigenvalue weighted by Gasteiger charge is 2.00. The van der Waals surface area contributed by atoms with Crippen molar-refractivity contribution in [2.75, 3.05) is 0 Å². The zero-order valence-electron chi connectivity index (χ0n) is 4.73. The summed E-state index contributed by atoms with van der Waals surface area (Å²) in [7, 11) is 0. The quantitative estimate of drug-likeness (QED) is 0.622. The lowest BCUT2D eigenvalue weighted by atomic mass is 10.3. The molecule has 0 aromatic rings. The highest BCUT2D eigenvalue weighted by Crippen LogP contribution is 2.09. The molecule has 0 aliphatic heterocycles. The Morgan fingerprint density at radius 1 is 1.50 bits per heavy atom. The predicted octanol–water partition coefficient (Wildman–Crippen LogP) is 1.76. The zero-order valence-corrected chi connectivity index (χ0v) is 6.32. The molecule has 0 fully saturated rings. The minimum atomic E-state index is -0.876. The van der Waals surface area contributed by atoms with E-state index in [9.17, 15) is 4.79 Å². The number of carboxylic acids is 1. The van der Waals surface area contributed by atoms with Crippen LogP contribution in [0.3, 0.4) is 0 Å². The summed E-state index contributed by atoms with van der Waals surface area (Å²) >= 11 is 3.04. The SMILES string of the molecule is C/C(Br)=C(\C)C(=O)O. The molecular weight excluding hydrogens is 172 g/mol. The number of aliphatic carboxylic acids is 1. The molecule has 3 heteroatoms. The van der Waals surface area contributed by atoms with Crippen LogP contribution in [0.25, 0.3) is 0 Å². The third kappa shape index (κ3) is 2.12. The molecule has 0 bridgehead atoms.